The minimum Gasteiger partial charge on any atom is -0.508 e. The van der Waals surface area contributed by atoms with Crippen LogP contribution in [-0.2, 0) is 11.3 Å². The number of hydrogen-bond acceptors (Lipinski definition) is 5. The normalized spacial score (nSPS) is 14.8. The van der Waals surface area contributed by atoms with E-state index in [0.717, 1.165) is 34.3 Å². The first-order chi connectivity index (χ1) is 19.4. The van der Waals surface area contributed by atoms with Gasteiger partial charge in [-0.2, -0.15) is 5.10 Å². The number of nitrogens with one attached hydrogen (secondary N) is 1. The molecule has 1 aliphatic carbocycles. The summed E-state index contributed by atoms with van der Waals surface area (Å²) in [5.74, 6) is 5.04. The van der Waals surface area contributed by atoms with Gasteiger partial charge in [-0.05, 0) is 52.5 Å². The molecule has 0 saturated carbocycles. The molecule has 3 aromatic carbocycles. The van der Waals surface area contributed by atoms with Crippen LogP contribution in [0, 0.1) is 0 Å². The first-order valence-electron chi connectivity index (χ1n) is 13.3. The highest BCUT2D eigenvalue weighted by Gasteiger charge is 2.32. The van der Waals surface area contributed by atoms with Crippen LogP contribution in [0.2, 0.25) is 0 Å². The fourth-order valence-corrected chi connectivity index (χ4v) is 4.91. The minimum absolute atomic E-state index is 0.103. The summed E-state index contributed by atoms with van der Waals surface area (Å²) in [6.07, 6.45) is 5.49. The number of urea groups is 1. The summed E-state index contributed by atoms with van der Waals surface area (Å²) in [6, 6.07) is 24.0. The highest BCUT2D eigenvalue weighted by molar-refractivity contribution is 5.98. The van der Waals surface area contributed by atoms with E-state index in [2.05, 4.69) is 10.4 Å². The molecule has 0 unspecified atom stereocenters. The molecule has 6 N–H and O–H groups in total. The average molecular weight is 538 g/mol. The maximum atomic E-state index is 14.1. The summed E-state index contributed by atoms with van der Waals surface area (Å²) in [6.45, 7) is 2.14. The van der Waals surface area contributed by atoms with E-state index in [9.17, 15) is 14.7 Å². The van der Waals surface area contributed by atoms with Gasteiger partial charge in [0, 0.05) is 19.4 Å². The molecular formula is C32H35N5O3. The van der Waals surface area contributed by atoms with Crippen molar-refractivity contribution in [1.29, 1.82) is 0 Å². The van der Waals surface area contributed by atoms with Crippen molar-refractivity contribution < 1.29 is 14.7 Å². The lowest BCUT2D eigenvalue weighted by Crippen LogP contribution is -2.52. The van der Waals surface area contributed by atoms with E-state index in [0.29, 0.717) is 12.1 Å². The Morgan fingerprint density at radius 1 is 0.950 bits per heavy atom. The number of allylic oxidation sites excluding steroid dienone is 3. The molecule has 0 spiro atoms. The number of amides is 3. The van der Waals surface area contributed by atoms with Crippen LogP contribution in [0.5, 0.6) is 5.75 Å². The second kappa shape index (κ2) is 13.3. The van der Waals surface area contributed by atoms with Crippen LogP contribution in [0.1, 0.15) is 48.9 Å². The van der Waals surface area contributed by atoms with Gasteiger partial charge in [-0.15, -0.1) is 0 Å². The topological polar surface area (TPSA) is 134 Å². The molecule has 4 rings (SSSR count). The number of hydrazone groups is 1. The zero-order chi connectivity index (χ0) is 28.5. The molecule has 206 valence electrons. The van der Waals surface area contributed by atoms with Gasteiger partial charge in [0.05, 0.1) is 11.8 Å². The summed E-state index contributed by atoms with van der Waals surface area (Å²) >= 11 is 0. The van der Waals surface area contributed by atoms with Gasteiger partial charge < -0.3 is 26.9 Å². The van der Waals surface area contributed by atoms with Crippen molar-refractivity contribution >= 4 is 17.6 Å². The minimum atomic E-state index is -0.959. The van der Waals surface area contributed by atoms with E-state index in [1.54, 1.807) is 24.3 Å². The number of benzene rings is 3. The first kappa shape index (κ1) is 28.2. The van der Waals surface area contributed by atoms with Gasteiger partial charge in [0.1, 0.15) is 11.8 Å². The molecule has 3 amide bonds. The lowest BCUT2D eigenvalue weighted by Gasteiger charge is -2.33. The molecule has 0 aliphatic heterocycles. The smallest absolute Gasteiger partial charge is 0.319 e. The summed E-state index contributed by atoms with van der Waals surface area (Å²) in [5, 5.41) is 16.8. The third-order valence-corrected chi connectivity index (χ3v) is 7.06. The van der Waals surface area contributed by atoms with E-state index < -0.39 is 24.0 Å². The quantitative estimate of drug-likeness (QED) is 0.216. The standard InChI is InChI=1S/C32H35N5O3/c1-2-23-15-16-27(36-34)19-26(23)20-29(31(33)39)37(21-22-13-17-28(38)18-14-22)32(40)35-30(24-9-5-3-6-10-24)25-11-7-4-8-12-25/h3-15,17-19,29-30,38H,2,16,20-21,34H2,1H3,(H2,33,39)(H,35,40)/t29-/m1/s1. The van der Waals surface area contributed by atoms with Gasteiger partial charge in [0.15, 0.2) is 0 Å². The van der Waals surface area contributed by atoms with Crippen molar-refractivity contribution in [2.24, 2.45) is 16.7 Å². The fourth-order valence-electron chi connectivity index (χ4n) is 4.91. The molecule has 3 aromatic rings. The third kappa shape index (κ3) is 6.96. The largest absolute Gasteiger partial charge is 0.508 e. The predicted octanol–water partition coefficient (Wildman–Crippen LogP) is 4.92. The molecule has 0 saturated heterocycles. The van der Waals surface area contributed by atoms with Crippen LogP contribution < -0.4 is 16.9 Å². The Balaban J connectivity index is 1.72. The Morgan fingerprint density at radius 2 is 1.55 bits per heavy atom. The van der Waals surface area contributed by atoms with Crippen molar-refractivity contribution in [3.05, 3.63) is 125 Å². The highest BCUT2D eigenvalue weighted by Crippen LogP contribution is 2.28. The van der Waals surface area contributed by atoms with Gasteiger partial charge in [0.25, 0.3) is 0 Å². The SMILES string of the molecule is CCC1=CCC(=NN)C=C1C[C@H](C(N)=O)N(Cc1ccc(O)cc1)C(=O)NC(c1ccccc1)c1ccccc1. The van der Waals surface area contributed by atoms with Gasteiger partial charge in [0.2, 0.25) is 5.91 Å². The molecule has 0 radical (unpaired) electrons. The fraction of sp³-hybridized carbons (Fsp3) is 0.219. The summed E-state index contributed by atoms with van der Waals surface area (Å²) < 4.78 is 0. The Bertz CT molecular complexity index is 1360. The predicted molar refractivity (Wildman–Crippen MR) is 157 cm³/mol. The van der Waals surface area contributed by atoms with Crippen LogP contribution in [0.3, 0.4) is 0 Å². The number of phenolic OH excluding ortho intramolecular Hbond substituents is 1. The van der Waals surface area contributed by atoms with Crippen LogP contribution >= 0.6 is 0 Å². The number of nitrogens with zero attached hydrogens (tertiary/aromatic N) is 2. The van der Waals surface area contributed by atoms with Gasteiger partial charge in [-0.1, -0.05) is 85.8 Å². The maximum absolute atomic E-state index is 14.1. The van der Waals surface area contributed by atoms with Crippen LogP contribution in [0.25, 0.3) is 0 Å². The number of carbonyl (C=O) groups excluding carboxylic acids is 2. The number of phenols is 1. The van der Waals surface area contributed by atoms with Crippen molar-refractivity contribution in [3.63, 3.8) is 0 Å². The number of hydrogen-bond donors (Lipinski definition) is 4. The van der Waals surface area contributed by atoms with Crippen LogP contribution in [0.15, 0.2) is 113 Å². The number of primary amides is 1. The lowest BCUT2D eigenvalue weighted by atomic mass is 9.89. The second-order valence-electron chi connectivity index (χ2n) is 9.70. The van der Waals surface area contributed by atoms with Crippen LogP contribution in [0.4, 0.5) is 4.79 Å². The molecule has 8 nitrogen and oxygen atoms in total. The van der Waals surface area contributed by atoms with Gasteiger partial charge in [-0.25, -0.2) is 4.79 Å². The molecule has 1 aliphatic rings. The molecule has 1 atom stereocenters. The number of aromatic hydroxyl groups is 1. The zero-order valence-corrected chi connectivity index (χ0v) is 22.5. The molecule has 0 bridgehead atoms. The summed E-state index contributed by atoms with van der Waals surface area (Å²) in [4.78, 5) is 28.6. The first-order valence-corrected chi connectivity index (χ1v) is 13.3. The second-order valence-corrected chi connectivity index (χ2v) is 9.70. The van der Waals surface area contributed by atoms with E-state index >= 15 is 0 Å². The maximum Gasteiger partial charge on any atom is 0.319 e. The van der Waals surface area contributed by atoms with Gasteiger partial charge >= 0.3 is 6.03 Å². The van der Waals surface area contributed by atoms with Crippen molar-refractivity contribution in [2.45, 2.75) is 44.8 Å². The third-order valence-electron chi connectivity index (χ3n) is 7.06. The molecule has 0 aromatic heterocycles. The van der Waals surface area contributed by atoms with E-state index in [4.69, 9.17) is 11.6 Å². The molecule has 8 heteroatoms. The zero-order valence-electron chi connectivity index (χ0n) is 22.5. The van der Waals surface area contributed by atoms with E-state index in [-0.39, 0.29) is 18.7 Å². The lowest BCUT2D eigenvalue weighted by molar-refractivity contribution is -0.122. The van der Waals surface area contributed by atoms with E-state index in [1.807, 2.05) is 79.7 Å². The monoisotopic (exact) mass is 537 g/mol. The number of nitrogens with two attached hydrogens (primary N) is 2. The summed E-state index contributed by atoms with van der Waals surface area (Å²) in [5.41, 5.74) is 11.1. The molecular weight excluding hydrogens is 502 g/mol. The summed E-state index contributed by atoms with van der Waals surface area (Å²) in [7, 11) is 0. The molecule has 0 fully saturated rings. The molecule has 40 heavy (non-hydrogen) atoms. The van der Waals surface area contributed by atoms with Crippen molar-refractivity contribution in [2.75, 3.05) is 0 Å². The number of rotatable bonds is 10. The Kier molecular flexibility index (Phi) is 9.35. The van der Waals surface area contributed by atoms with Gasteiger partial charge in [-0.3, -0.25) is 4.79 Å². The Labute approximate surface area is 234 Å². The van der Waals surface area contributed by atoms with Crippen molar-refractivity contribution in [3.8, 4) is 5.75 Å². The highest BCUT2D eigenvalue weighted by atomic mass is 16.3. The average Bonchev–Trinajstić information content (AvgIpc) is 2.99. The Hall–Kier alpha value is -4.85. The van der Waals surface area contributed by atoms with Crippen LogP contribution in [-0.4, -0.2) is 33.7 Å². The van der Waals surface area contributed by atoms with E-state index in [1.165, 1.54) is 4.90 Å². The molecule has 0 heterocycles. The number of carbonyl (C=O) groups is 2. The Morgan fingerprint density at radius 3 is 2.08 bits per heavy atom. The van der Waals surface area contributed by atoms with Crippen molar-refractivity contribution in [1.82, 2.24) is 10.2 Å².